The molecule has 1 atom stereocenters. The Bertz CT molecular complexity index is 732. The molecular formula is C17H22N6O. The molecule has 2 aliphatic heterocycles. The van der Waals surface area contributed by atoms with Gasteiger partial charge >= 0.3 is 0 Å². The maximum atomic E-state index is 12.4. The van der Waals surface area contributed by atoms with Gasteiger partial charge in [-0.1, -0.05) is 0 Å². The summed E-state index contributed by atoms with van der Waals surface area (Å²) < 4.78 is 2.13. The van der Waals surface area contributed by atoms with Crippen molar-refractivity contribution in [2.75, 3.05) is 18.0 Å². The van der Waals surface area contributed by atoms with E-state index in [9.17, 15) is 4.79 Å². The van der Waals surface area contributed by atoms with E-state index in [-0.39, 0.29) is 11.9 Å². The monoisotopic (exact) mass is 326 g/mol. The zero-order valence-electron chi connectivity index (χ0n) is 13.9. The van der Waals surface area contributed by atoms with Crippen molar-refractivity contribution in [1.82, 2.24) is 25.1 Å². The summed E-state index contributed by atoms with van der Waals surface area (Å²) in [7, 11) is 0. The molecule has 24 heavy (non-hydrogen) atoms. The maximum absolute atomic E-state index is 12.4. The fourth-order valence-electron chi connectivity index (χ4n) is 3.52. The predicted octanol–water partition coefficient (Wildman–Crippen LogP) is 1.33. The van der Waals surface area contributed by atoms with Crippen LogP contribution >= 0.6 is 0 Å². The molecule has 2 aliphatic rings. The standard InChI is InChI=1S/C17H22N6O/c1-12-10-23-11-13(4-6-15(23)18-12)19-17(24)14-5-7-16(21-20-14)22-8-2-3-9-22/h5,7,10,13H,2-4,6,8-9,11H2,1H3,(H,19,24)/t13-/m1/s1. The molecule has 1 amide bonds. The quantitative estimate of drug-likeness (QED) is 0.921. The Morgan fingerprint density at radius 1 is 1.25 bits per heavy atom. The van der Waals surface area contributed by atoms with Gasteiger partial charge < -0.3 is 14.8 Å². The summed E-state index contributed by atoms with van der Waals surface area (Å²) in [5.41, 5.74) is 1.41. The van der Waals surface area contributed by atoms with Crippen molar-refractivity contribution in [3.05, 3.63) is 35.5 Å². The first-order valence-electron chi connectivity index (χ1n) is 8.61. The molecule has 2 aromatic heterocycles. The average Bonchev–Trinajstić information content (AvgIpc) is 3.23. The Kier molecular flexibility index (Phi) is 3.92. The Morgan fingerprint density at radius 3 is 2.83 bits per heavy atom. The van der Waals surface area contributed by atoms with E-state index in [1.165, 1.54) is 12.8 Å². The Labute approximate surface area is 141 Å². The van der Waals surface area contributed by atoms with Crippen LogP contribution in [0.5, 0.6) is 0 Å². The third-order valence-electron chi connectivity index (χ3n) is 4.76. The summed E-state index contributed by atoms with van der Waals surface area (Å²) in [6.45, 7) is 4.81. The van der Waals surface area contributed by atoms with Gasteiger partial charge in [0.15, 0.2) is 11.5 Å². The molecule has 126 valence electrons. The predicted molar refractivity (Wildman–Crippen MR) is 90.0 cm³/mol. The number of carbonyl (C=O) groups is 1. The third-order valence-corrected chi connectivity index (χ3v) is 4.76. The second-order valence-electron chi connectivity index (χ2n) is 6.63. The first-order valence-corrected chi connectivity index (χ1v) is 8.61. The van der Waals surface area contributed by atoms with Crippen molar-refractivity contribution in [3.8, 4) is 0 Å². The number of hydrogen-bond acceptors (Lipinski definition) is 5. The lowest BCUT2D eigenvalue weighted by Gasteiger charge is -2.24. The van der Waals surface area contributed by atoms with Gasteiger partial charge in [0.25, 0.3) is 5.91 Å². The van der Waals surface area contributed by atoms with Crippen LogP contribution in [0.2, 0.25) is 0 Å². The van der Waals surface area contributed by atoms with Crippen LogP contribution in [0, 0.1) is 6.92 Å². The van der Waals surface area contributed by atoms with Gasteiger partial charge in [-0.25, -0.2) is 4.98 Å². The van der Waals surface area contributed by atoms with E-state index in [1.807, 2.05) is 19.2 Å². The second kappa shape index (κ2) is 6.22. The molecular weight excluding hydrogens is 304 g/mol. The van der Waals surface area contributed by atoms with E-state index >= 15 is 0 Å². The summed E-state index contributed by atoms with van der Waals surface area (Å²) >= 11 is 0. The highest BCUT2D eigenvalue weighted by Gasteiger charge is 2.22. The number of hydrogen-bond donors (Lipinski definition) is 1. The molecule has 0 aliphatic carbocycles. The van der Waals surface area contributed by atoms with Crippen LogP contribution in [0.25, 0.3) is 0 Å². The highest BCUT2D eigenvalue weighted by atomic mass is 16.2. The van der Waals surface area contributed by atoms with E-state index in [0.717, 1.165) is 49.8 Å². The van der Waals surface area contributed by atoms with E-state index < -0.39 is 0 Å². The molecule has 7 heteroatoms. The van der Waals surface area contributed by atoms with Crippen LogP contribution in [0.3, 0.4) is 0 Å². The number of aryl methyl sites for hydroxylation is 2. The number of carbonyl (C=O) groups excluding carboxylic acids is 1. The minimum absolute atomic E-state index is 0.110. The highest BCUT2D eigenvalue weighted by molar-refractivity contribution is 5.92. The van der Waals surface area contributed by atoms with Gasteiger partial charge in [-0.3, -0.25) is 4.79 Å². The zero-order chi connectivity index (χ0) is 16.5. The molecule has 0 radical (unpaired) electrons. The second-order valence-corrected chi connectivity index (χ2v) is 6.63. The highest BCUT2D eigenvalue weighted by Crippen LogP contribution is 2.17. The van der Waals surface area contributed by atoms with Crippen molar-refractivity contribution >= 4 is 11.7 Å². The van der Waals surface area contributed by atoms with Crippen LogP contribution in [0.4, 0.5) is 5.82 Å². The van der Waals surface area contributed by atoms with E-state index in [2.05, 4.69) is 30.0 Å². The molecule has 7 nitrogen and oxygen atoms in total. The van der Waals surface area contributed by atoms with Crippen LogP contribution in [0.15, 0.2) is 18.3 Å². The number of aromatic nitrogens is 4. The van der Waals surface area contributed by atoms with E-state index in [0.29, 0.717) is 5.69 Å². The minimum Gasteiger partial charge on any atom is -0.355 e. The fraction of sp³-hybridized carbons (Fsp3) is 0.529. The molecule has 2 aromatic rings. The van der Waals surface area contributed by atoms with Crippen molar-refractivity contribution in [2.45, 2.75) is 45.2 Å². The van der Waals surface area contributed by atoms with Gasteiger partial charge in [-0.15, -0.1) is 10.2 Å². The van der Waals surface area contributed by atoms with Gasteiger partial charge in [0, 0.05) is 38.3 Å². The SMILES string of the molecule is Cc1cn2c(n1)CC[C@@H](NC(=O)c1ccc(N3CCCC3)nn1)C2. The van der Waals surface area contributed by atoms with Crippen molar-refractivity contribution in [2.24, 2.45) is 0 Å². The van der Waals surface area contributed by atoms with E-state index in [1.54, 1.807) is 6.07 Å². The number of nitrogens with zero attached hydrogens (tertiary/aromatic N) is 5. The number of imidazole rings is 1. The van der Waals surface area contributed by atoms with Crippen molar-refractivity contribution in [1.29, 1.82) is 0 Å². The molecule has 0 bridgehead atoms. The average molecular weight is 326 g/mol. The van der Waals surface area contributed by atoms with Crippen molar-refractivity contribution in [3.63, 3.8) is 0 Å². The Morgan fingerprint density at radius 2 is 2.08 bits per heavy atom. The van der Waals surface area contributed by atoms with Gasteiger partial charge in [-0.05, 0) is 38.3 Å². The summed E-state index contributed by atoms with van der Waals surface area (Å²) in [5, 5.41) is 11.4. The lowest BCUT2D eigenvalue weighted by Crippen LogP contribution is -2.41. The number of nitrogens with one attached hydrogen (secondary N) is 1. The summed E-state index contributed by atoms with van der Waals surface area (Å²) in [6.07, 6.45) is 6.22. The zero-order valence-corrected chi connectivity index (χ0v) is 13.9. The van der Waals surface area contributed by atoms with Crippen molar-refractivity contribution < 1.29 is 4.79 Å². The van der Waals surface area contributed by atoms with Crippen LogP contribution < -0.4 is 10.2 Å². The maximum Gasteiger partial charge on any atom is 0.272 e. The summed E-state index contributed by atoms with van der Waals surface area (Å²) in [4.78, 5) is 19.1. The number of anilines is 1. The molecule has 1 fully saturated rings. The topological polar surface area (TPSA) is 75.9 Å². The molecule has 4 heterocycles. The fourth-order valence-corrected chi connectivity index (χ4v) is 3.52. The summed E-state index contributed by atoms with van der Waals surface area (Å²) in [6, 6.07) is 3.77. The van der Waals surface area contributed by atoms with Crippen LogP contribution in [0.1, 0.15) is 41.3 Å². The molecule has 0 saturated carbocycles. The van der Waals surface area contributed by atoms with Gasteiger partial charge in [0.2, 0.25) is 0 Å². The van der Waals surface area contributed by atoms with Gasteiger partial charge in [-0.2, -0.15) is 0 Å². The van der Waals surface area contributed by atoms with E-state index in [4.69, 9.17) is 0 Å². The lowest BCUT2D eigenvalue weighted by atomic mass is 10.1. The van der Waals surface area contributed by atoms with Gasteiger partial charge in [0.05, 0.1) is 5.69 Å². The van der Waals surface area contributed by atoms with Crippen LogP contribution in [-0.4, -0.2) is 44.8 Å². The third kappa shape index (κ3) is 2.98. The summed E-state index contributed by atoms with van der Waals surface area (Å²) in [5.74, 6) is 1.81. The molecule has 0 aromatic carbocycles. The van der Waals surface area contributed by atoms with Crippen LogP contribution in [-0.2, 0) is 13.0 Å². The smallest absolute Gasteiger partial charge is 0.272 e. The molecule has 4 rings (SSSR count). The Hall–Kier alpha value is -2.44. The molecule has 0 spiro atoms. The minimum atomic E-state index is -0.152. The largest absolute Gasteiger partial charge is 0.355 e. The number of fused-ring (bicyclic) bond motifs is 1. The normalized spacial score (nSPS) is 20.0. The molecule has 1 saturated heterocycles. The lowest BCUT2D eigenvalue weighted by molar-refractivity contribution is 0.0921. The number of amides is 1. The number of rotatable bonds is 3. The molecule has 1 N–H and O–H groups in total. The van der Waals surface area contributed by atoms with Gasteiger partial charge in [0.1, 0.15) is 5.82 Å². The first-order chi connectivity index (χ1) is 11.7. The Balaban J connectivity index is 1.39. The first kappa shape index (κ1) is 15.1. The molecule has 0 unspecified atom stereocenters.